The van der Waals surface area contributed by atoms with Crippen molar-refractivity contribution in [2.75, 3.05) is 12.3 Å². The first kappa shape index (κ1) is 32.8. The number of aryl methyl sites for hydroxylation is 1. The minimum absolute atomic E-state index is 0.632. The van der Waals surface area contributed by atoms with E-state index in [2.05, 4.69) is 68.4 Å². The van der Waals surface area contributed by atoms with Crippen LogP contribution in [-0.2, 0) is 6.42 Å². The van der Waals surface area contributed by atoms with Gasteiger partial charge in [-0.2, -0.15) is 0 Å². The van der Waals surface area contributed by atoms with Gasteiger partial charge >= 0.3 is 0 Å². The van der Waals surface area contributed by atoms with Crippen molar-refractivity contribution in [1.29, 1.82) is 0 Å². The number of hydrogen-bond acceptors (Lipinski definition) is 0. The minimum atomic E-state index is 0.632. The lowest BCUT2D eigenvalue weighted by Gasteiger charge is -2.22. The van der Waals surface area contributed by atoms with E-state index in [9.17, 15) is 0 Å². The monoisotopic (exact) mass is 543 g/mol. The Balaban J connectivity index is 0.000000257. The Morgan fingerprint density at radius 3 is 1.97 bits per heavy atom. The third-order valence-electron chi connectivity index (χ3n) is 7.56. The molecule has 3 aliphatic rings. The zero-order chi connectivity index (χ0) is 28.6. The summed E-state index contributed by atoms with van der Waals surface area (Å²) >= 11 is 0. The van der Waals surface area contributed by atoms with Crippen LogP contribution < -0.4 is 10.7 Å². The van der Waals surface area contributed by atoms with Gasteiger partial charge in [-0.25, -0.2) is 0 Å². The molecule has 1 atom stereocenters. The maximum atomic E-state index is 4.28. The Bertz CT molecular complexity index is 1220. The van der Waals surface area contributed by atoms with Gasteiger partial charge in [-0.3, -0.25) is 0 Å². The zero-order valence-corrected chi connectivity index (χ0v) is 26.8. The van der Waals surface area contributed by atoms with Gasteiger partial charge in [-0.05, 0) is 80.0 Å². The minimum Gasteiger partial charge on any atom is -0.356 e. The van der Waals surface area contributed by atoms with Crippen LogP contribution in [0.25, 0.3) is 18.7 Å². The van der Waals surface area contributed by atoms with Crippen molar-refractivity contribution in [3.8, 4) is 0 Å². The Labute approximate surface area is 241 Å². The number of aromatic nitrogens is 1. The Kier molecular flexibility index (Phi) is 15.2. The fraction of sp³-hybridized carbons (Fsp3) is 0.459. The maximum absolute atomic E-state index is 4.28. The number of nitrogens with one attached hydrogen (secondary N) is 1. The number of hydrogen-bond donors (Lipinski definition) is 1. The summed E-state index contributed by atoms with van der Waals surface area (Å²) in [6, 6.07) is 19.2. The molecule has 0 spiro atoms. The van der Waals surface area contributed by atoms with Crippen molar-refractivity contribution in [2.45, 2.75) is 98.8 Å². The molecule has 0 bridgehead atoms. The van der Waals surface area contributed by atoms with Crippen LogP contribution in [0.1, 0.15) is 113 Å². The molecule has 2 heteroatoms. The number of rotatable bonds is 2. The highest BCUT2D eigenvalue weighted by Crippen LogP contribution is 2.50. The van der Waals surface area contributed by atoms with Gasteiger partial charge in [0.25, 0.3) is 0 Å². The second kappa shape index (κ2) is 18.1. The summed E-state index contributed by atoms with van der Waals surface area (Å²) < 4.78 is 0. The molecule has 3 aromatic rings. The summed E-state index contributed by atoms with van der Waals surface area (Å²) in [7, 11) is 1.30. The lowest BCUT2D eigenvalue weighted by molar-refractivity contribution is 0.549. The molecule has 39 heavy (non-hydrogen) atoms. The van der Waals surface area contributed by atoms with Crippen molar-refractivity contribution in [3.63, 3.8) is 0 Å². The molecule has 2 aliphatic carbocycles. The van der Waals surface area contributed by atoms with Crippen molar-refractivity contribution < 1.29 is 0 Å². The average Bonchev–Trinajstić information content (AvgIpc) is 3.49. The van der Waals surface area contributed by atoms with Crippen LogP contribution in [0.2, 0.25) is 0 Å². The standard InChI is InChI=1S/C21H23N.C7H8.C5H11P.2C2H6/c1-4-15-13(2)22-14(3)20(15)21-18-11-7-5-9-16(18)17-10-6-8-12-19(17)21;1-7-5-3-2-4-6-7;1-2-4-6-5-3-1;2*1-2/h5,7,9,11,17,22H,2-4,6,8,10,12H2,1H3;2-6H,1H3;6H,1-5H2;2*1-2H3. The first-order chi connectivity index (χ1) is 19.1. The lowest BCUT2D eigenvalue weighted by Crippen LogP contribution is -2.09. The van der Waals surface area contributed by atoms with Gasteiger partial charge in [0.1, 0.15) is 0 Å². The largest absolute Gasteiger partial charge is 0.356 e. The molecule has 1 nitrogen and oxygen atoms in total. The van der Waals surface area contributed by atoms with Gasteiger partial charge in [-0.1, -0.05) is 126 Å². The van der Waals surface area contributed by atoms with E-state index in [1.807, 2.05) is 45.9 Å². The molecule has 1 saturated carbocycles. The first-order valence-electron chi connectivity index (χ1n) is 15.6. The predicted molar refractivity (Wildman–Crippen MR) is 180 cm³/mol. The third-order valence-corrected chi connectivity index (χ3v) is 8.97. The van der Waals surface area contributed by atoms with Crippen molar-refractivity contribution >= 4 is 27.3 Å². The van der Waals surface area contributed by atoms with Crippen LogP contribution in [0, 0.1) is 6.92 Å². The maximum Gasteiger partial charge on any atom is 0.0394 e. The molecular weight excluding hydrogens is 489 g/mol. The Morgan fingerprint density at radius 1 is 0.795 bits per heavy atom. The number of aromatic amines is 1. The van der Waals surface area contributed by atoms with Gasteiger partial charge in [0, 0.05) is 22.2 Å². The molecule has 212 valence electrons. The van der Waals surface area contributed by atoms with Gasteiger partial charge in [0.15, 0.2) is 0 Å². The zero-order valence-electron chi connectivity index (χ0n) is 25.8. The molecule has 0 amide bonds. The predicted octanol–water partition coefficient (Wildman–Crippen LogP) is 9.77. The summed E-state index contributed by atoms with van der Waals surface area (Å²) in [6.45, 7) is 20.8. The van der Waals surface area contributed by atoms with E-state index < -0.39 is 0 Å². The van der Waals surface area contributed by atoms with E-state index in [1.165, 1.54) is 99.2 Å². The number of fused-ring (bicyclic) bond motifs is 3. The molecule has 6 rings (SSSR count). The van der Waals surface area contributed by atoms with Gasteiger partial charge in [0.05, 0.1) is 0 Å². The van der Waals surface area contributed by atoms with Crippen LogP contribution in [0.5, 0.6) is 0 Å². The summed E-state index contributed by atoms with van der Waals surface area (Å²) in [6.07, 6.45) is 13.8. The highest BCUT2D eigenvalue weighted by molar-refractivity contribution is 7.38. The average molecular weight is 544 g/mol. The van der Waals surface area contributed by atoms with Crippen LogP contribution in [-0.4, -0.2) is 17.3 Å². The smallest absolute Gasteiger partial charge is 0.0394 e. The quantitative estimate of drug-likeness (QED) is 0.310. The lowest BCUT2D eigenvalue weighted by atomic mass is 9.82. The van der Waals surface area contributed by atoms with Crippen LogP contribution in [0.15, 0.2) is 60.2 Å². The van der Waals surface area contributed by atoms with E-state index in [4.69, 9.17) is 0 Å². The van der Waals surface area contributed by atoms with Crippen molar-refractivity contribution in [2.24, 2.45) is 0 Å². The van der Waals surface area contributed by atoms with Crippen LogP contribution in [0.3, 0.4) is 0 Å². The van der Waals surface area contributed by atoms with Crippen LogP contribution >= 0.6 is 8.58 Å². The second-order valence-electron chi connectivity index (χ2n) is 10.0. The van der Waals surface area contributed by atoms with E-state index >= 15 is 0 Å². The van der Waals surface area contributed by atoms with Gasteiger partial charge in [0.2, 0.25) is 0 Å². The first-order valence-corrected chi connectivity index (χ1v) is 17.0. The fourth-order valence-corrected chi connectivity index (χ4v) is 7.08. The van der Waals surface area contributed by atoms with E-state index in [1.54, 1.807) is 5.57 Å². The number of H-pyrrole nitrogens is 1. The molecule has 2 heterocycles. The summed E-state index contributed by atoms with van der Waals surface area (Å²) in [4.78, 5) is 3.37. The summed E-state index contributed by atoms with van der Waals surface area (Å²) in [5.41, 5.74) is 10.1. The number of allylic oxidation sites excluding steroid dienone is 1. The summed E-state index contributed by atoms with van der Waals surface area (Å²) in [5, 5.41) is 2.07. The van der Waals surface area contributed by atoms with Gasteiger partial charge < -0.3 is 4.98 Å². The van der Waals surface area contributed by atoms with E-state index in [-0.39, 0.29) is 0 Å². The Morgan fingerprint density at radius 2 is 1.44 bits per heavy atom. The second-order valence-corrected chi connectivity index (χ2v) is 11.5. The van der Waals surface area contributed by atoms with Gasteiger partial charge in [-0.15, -0.1) is 8.58 Å². The Hall–Kier alpha value is -2.37. The topological polar surface area (TPSA) is 15.8 Å². The van der Waals surface area contributed by atoms with Crippen LogP contribution in [0.4, 0.5) is 0 Å². The molecule has 1 aliphatic heterocycles. The third kappa shape index (κ3) is 8.81. The SMILES string of the molecule is C1CCPCC1.C=c1[nH]c(=C)c(C2=C3CCCCC3c3ccccc32)c1CC.CC.CC.Cc1ccccc1. The summed E-state index contributed by atoms with van der Waals surface area (Å²) in [5.74, 6) is 0.632. The fourth-order valence-electron chi connectivity index (χ4n) is 5.83. The molecule has 1 aromatic heterocycles. The van der Waals surface area contributed by atoms with Crippen molar-refractivity contribution in [3.05, 3.63) is 98.7 Å². The normalized spacial score (nSPS) is 16.9. The highest BCUT2D eigenvalue weighted by Gasteiger charge is 2.34. The molecule has 1 saturated heterocycles. The molecule has 0 radical (unpaired) electrons. The van der Waals surface area contributed by atoms with Crippen molar-refractivity contribution in [1.82, 2.24) is 4.98 Å². The number of benzene rings is 2. The molecule has 1 unspecified atom stereocenters. The van der Waals surface area contributed by atoms with E-state index in [0.717, 1.165) is 17.1 Å². The molecule has 1 N–H and O–H groups in total. The highest BCUT2D eigenvalue weighted by atomic mass is 31.1. The van der Waals surface area contributed by atoms with E-state index in [0.29, 0.717) is 5.92 Å². The molecule has 2 fully saturated rings. The molecule has 2 aromatic carbocycles. The molecular formula is C37H54NP.